The van der Waals surface area contributed by atoms with Crippen molar-refractivity contribution < 1.29 is 4.74 Å². The Hall–Kier alpha value is -1.06. The Bertz CT molecular complexity index is 384. The Morgan fingerprint density at radius 1 is 1.37 bits per heavy atom. The zero-order valence-electron chi connectivity index (χ0n) is 12.1. The number of hydrogen-bond donors (Lipinski definition) is 1. The molecule has 1 aromatic carbocycles. The van der Waals surface area contributed by atoms with Gasteiger partial charge in [-0.1, -0.05) is 12.1 Å². The first-order valence-corrected chi connectivity index (χ1v) is 7.38. The molecule has 3 nitrogen and oxygen atoms in total. The second-order valence-electron chi connectivity index (χ2n) is 5.55. The van der Waals surface area contributed by atoms with Crippen molar-refractivity contribution in [3.8, 4) is 5.75 Å². The van der Waals surface area contributed by atoms with E-state index < -0.39 is 0 Å². The first-order valence-electron chi connectivity index (χ1n) is 7.38. The third-order valence-corrected chi connectivity index (χ3v) is 3.99. The summed E-state index contributed by atoms with van der Waals surface area (Å²) in [5.41, 5.74) is 7.32. The van der Waals surface area contributed by atoms with Crippen molar-refractivity contribution in [1.29, 1.82) is 0 Å². The minimum absolute atomic E-state index is 0.337. The summed E-state index contributed by atoms with van der Waals surface area (Å²) in [6.07, 6.45) is 2.45. The summed E-state index contributed by atoms with van der Waals surface area (Å²) in [7, 11) is 0. The van der Waals surface area contributed by atoms with Crippen LogP contribution >= 0.6 is 0 Å². The third kappa shape index (κ3) is 4.22. The van der Waals surface area contributed by atoms with Crippen LogP contribution in [-0.4, -0.2) is 30.6 Å². The van der Waals surface area contributed by atoms with Gasteiger partial charge in [0, 0.05) is 12.6 Å². The van der Waals surface area contributed by atoms with E-state index in [1.54, 1.807) is 0 Å². The van der Waals surface area contributed by atoms with Crippen molar-refractivity contribution in [3.05, 3.63) is 29.8 Å². The zero-order valence-corrected chi connectivity index (χ0v) is 12.1. The molecule has 3 heteroatoms. The van der Waals surface area contributed by atoms with Crippen LogP contribution in [-0.2, 0) is 6.54 Å². The predicted molar refractivity (Wildman–Crippen MR) is 79.3 cm³/mol. The van der Waals surface area contributed by atoms with Gasteiger partial charge in [0.25, 0.3) is 0 Å². The first kappa shape index (κ1) is 14.4. The lowest BCUT2D eigenvalue weighted by Gasteiger charge is -2.33. The predicted octanol–water partition coefficient (Wildman–Crippen LogP) is 2.64. The summed E-state index contributed by atoms with van der Waals surface area (Å²) < 4.78 is 5.55. The van der Waals surface area contributed by atoms with Crippen LogP contribution in [0.2, 0.25) is 0 Å². The van der Waals surface area contributed by atoms with Gasteiger partial charge in [0.2, 0.25) is 0 Å². The minimum Gasteiger partial charge on any atom is -0.494 e. The van der Waals surface area contributed by atoms with Crippen LogP contribution in [0.15, 0.2) is 24.3 Å². The van der Waals surface area contributed by atoms with Crippen LogP contribution in [0.5, 0.6) is 5.75 Å². The van der Waals surface area contributed by atoms with Crippen molar-refractivity contribution in [2.45, 2.75) is 39.3 Å². The summed E-state index contributed by atoms with van der Waals surface area (Å²) >= 11 is 0. The second kappa shape index (κ2) is 6.92. The number of rotatable bonds is 5. The fraction of sp³-hybridized carbons (Fsp3) is 0.625. The van der Waals surface area contributed by atoms with E-state index in [9.17, 15) is 0 Å². The van der Waals surface area contributed by atoms with E-state index in [1.165, 1.54) is 18.4 Å². The lowest BCUT2D eigenvalue weighted by atomic mass is 9.91. The van der Waals surface area contributed by atoms with Gasteiger partial charge in [0.1, 0.15) is 5.75 Å². The van der Waals surface area contributed by atoms with Crippen molar-refractivity contribution in [2.75, 3.05) is 19.7 Å². The molecular formula is C16H26N2O. The van der Waals surface area contributed by atoms with E-state index >= 15 is 0 Å². The van der Waals surface area contributed by atoms with Crippen molar-refractivity contribution in [3.63, 3.8) is 0 Å². The maximum atomic E-state index is 5.98. The summed E-state index contributed by atoms with van der Waals surface area (Å²) in [5, 5.41) is 0. The highest BCUT2D eigenvalue weighted by atomic mass is 16.5. The SMILES string of the molecule is CCOc1cccc(CN2CCC(C(C)N)CC2)c1. The second-order valence-corrected chi connectivity index (χ2v) is 5.55. The highest BCUT2D eigenvalue weighted by Crippen LogP contribution is 2.22. The summed E-state index contributed by atoms with van der Waals surface area (Å²) in [6, 6.07) is 8.77. The minimum atomic E-state index is 0.337. The quantitative estimate of drug-likeness (QED) is 0.886. The van der Waals surface area contributed by atoms with Gasteiger partial charge in [-0.15, -0.1) is 0 Å². The Morgan fingerprint density at radius 2 is 2.11 bits per heavy atom. The number of nitrogens with zero attached hydrogens (tertiary/aromatic N) is 1. The molecule has 0 radical (unpaired) electrons. The standard InChI is InChI=1S/C16H26N2O/c1-3-19-16-6-4-5-14(11-16)12-18-9-7-15(8-10-18)13(2)17/h4-6,11,13,15H,3,7-10,12,17H2,1-2H3. The van der Waals surface area contributed by atoms with Crippen LogP contribution in [0.4, 0.5) is 0 Å². The van der Waals surface area contributed by atoms with E-state index in [1.807, 2.05) is 13.0 Å². The fourth-order valence-corrected chi connectivity index (χ4v) is 2.80. The maximum absolute atomic E-state index is 5.98. The molecule has 2 rings (SSSR count). The molecule has 19 heavy (non-hydrogen) atoms. The molecule has 1 saturated heterocycles. The molecule has 1 aliphatic heterocycles. The molecule has 1 heterocycles. The van der Waals surface area contributed by atoms with E-state index in [2.05, 4.69) is 30.0 Å². The average molecular weight is 262 g/mol. The van der Waals surface area contributed by atoms with Crippen LogP contribution < -0.4 is 10.5 Å². The number of nitrogens with two attached hydrogens (primary N) is 1. The molecular weight excluding hydrogens is 236 g/mol. The van der Waals surface area contributed by atoms with E-state index in [0.29, 0.717) is 12.0 Å². The van der Waals surface area contributed by atoms with Gasteiger partial charge in [0.15, 0.2) is 0 Å². The Kier molecular flexibility index (Phi) is 5.23. The maximum Gasteiger partial charge on any atom is 0.119 e. The van der Waals surface area contributed by atoms with Gasteiger partial charge in [-0.05, 0) is 63.4 Å². The zero-order chi connectivity index (χ0) is 13.7. The Labute approximate surface area is 116 Å². The number of ether oxygens (including phenoxy) is 1. The third-order valence-electron chi connectivity index (χ3n) is 3.99. The molecule has 1 atom stereocenters. The lowest BCUT2D eigenvalue weighted by molar-refractivity contribution is 0.165. The monoisotopic (exact) mass is 262 g/mol. The van der Waals surface area contributed by atoms with E-state index in [0.717, 1.165) is 32.0 Å². The molecule has 106 valence electrons. The normalized spacial score (nSPS) is 19.3. The largest absolute Gasteiger partial charge is 0.494 e. The molecule has 0 saturated carbocycles. The molecule has 2 N–H and O–H groups in total. The summed E-state index contributed by atoms with van der Waals surface area (Å²) in [5.74, 6) is 1.68. The van der Waals surface area contributed by atoms with Gasteiger partial charge in [-0.25, -0.2) is 0 Å². The molecule has 1 unspecified atom stereocenters. The smallest absolute Gasteiger partial charge is 0.119 e. The topological polar surface area (TPSA) is 38.5 Å². The highest BCUT2D eigenvalue weighted by Gasteiger charge is 2.21. The van der Waals surface area contributed by atoms with Crippen molar-refractivity contribution in [2.24, 2.45) is 11.7 Å². The van der Waals surface area contributed by atoms with Gasteiger partial charge in [0.05, 0.1) is 6.61 Å². The molecule has 1 aliphatic rings. The van der Waals surface area contributed by atoms with Crippen molar-refractivity contribution in [1.82, 2.24) is 4.90 Å². The molecule has 0 spiro atoms. The molecule has 0 aromatic heterocycles. The number of likely N-dealkylation sites (tertiary alicyclic amines) is 1. The van der Waals surface area contributed by atoms with Gasteiger partial charge in [-0.2, -0.15) is 0 Å². The Balaban J connectivity index is 1.86. The fourth-order valence-electron chi connectivity index (χ4n) is 2.80. The van der Waals surface area contributed by atoms with Gasteiger partial charge in [-0.3, -0.25) is 4.90 Å². The molecule has 0 bridgehead atoms. The van der Waals surface area contributed by atoms with Crippen LogP contribution in [0.25, 0.3) is 0 Å². The van der Waals surface area contributed by atoms with E-state index in [4.69, 9.17) is 10.5 Å². The molecule has 0 amide bonds. The molecule has 0 aliphatic carbocycles. The van der Waals surface area contributed by atoms with Crippen molar-refractivity contribution >= 4 is 0 Å². The first-order chi connectivity index (χ1) is 9.19. The summed E-state index contributed by atoms with van der Waals surface area (Å²) in [4.78, 5) is 2.52. The van der Waals surface area contributed by atoms with Gasteiger partial charge >= 0.3 is 0 Å². The average Bonchev–Trinajstić information content (AvgIpc) is 2.40. The van der Waals surface area contributed by atoms with Crippen LogP contribution in [0.3, 0.4) is 0 Å². The summed E-state index contributed by atoms with van der Waals surface area (Å²) in [6.45, 7) is 8.21. The van der Waals surface area contributed by atoms with Gasteiger partial charge < -0.3 is 10.5 Å². The van der Waals surface area contributed by atoms with Crippen LogP contribution in [0.1, 0.15) is 32.3 Å². The highest BCUT2D eigenvalue weighted by molar-refractivity contribution is 5.28. The van der Waals surface area contributed by atoms with E-state index in [-0.39, 0.29) is 0 Å². The number of benzene rings is 1. The number of hydrogen-bond acceptors (Lipinski definition) is 3. The Morgan fingerprint density at radius 3 is 2.74 bits per heavy atom. The van der Waals surface area contributed by atoms with Crippen LogP contribution in [0, 0.1) is 5.92 Å². The molecule has 1 aromatic rings. The molecule has 1 fully saturated rings. The number of piperidine rings is 1. The lowest BCUT2D eigenvalue weighted by Crippen LogP contribution is -2.39.